The predicted octanol–water partition coefficient (Wildman–Crippen LogP) is 1.34. The zero-order valence-corrected chi connectivity index (χ0v) is 9.95. The van der Waals surface area contributed by atoms with Crippen LogP contribution in [-0.4, -0.2) is 30.0 Å². The van der Waals surface area contributed by atoms with Crippen molar-refractivity contribution in [3.05, 3.63) is 29.6 Å². The number of hydrogen-bond donors (Lipinski definition) is 2. The molecule has 0 saturated carbocycles. The Morgan fingerprint density at radius 2 is 2.24 bits per heavy atom. The number of carbonyl (C=O) groups excluding carboxylic acids is 2. The molecule has 1 heterocycles. The minimum absolute atomic E-state index is 0.0756. The summed E-state index contributed by atoms with van der Waals surface area (Å²) in [6.45, 7) is 4.03. The Balaban J connectivity index is 2.50. The number of esters is 1. The number of H-pyrrole nitrogens is 1. The van der Waals surface area contributed by atoms with Gasteiger partial charge in [-0.15, -0.1) is 0 Å². The SMILES string of the molecule is CCOC(=O)c1ccc(C=CCNC(C)=O)[nH]1. The first-order valence-electron chi connectivity index (χ1n) is 5.40. The molecule has 0 aliphatic carbocycles. The van der Waals surface area contributed by atoms with Gasteiger partial charge >= 0.3 is 5.97 Å². The highest BCUT2D eigenvalue weighted by atomic mass is 16.5. The largest absolute Gasteiger partial charge is 0.461 e. The van der Waals surface area contributed by atoms with Crippen molar-refractivity contribution < 1.29 is 14.3 Å². The highest BCUT2D eigenvalue weighted by Crippen LogP contribution is 2.05. The Morgan fingerprint density at radius 1 is 1.47 bits per heavy atom. The molecule has 17 heavy (non-hydrogen) atoms. The summed E-state index contributed by atoms with van der Waals surface area (Å²) in [7, 11) is 0. The molecule has 5 nitrogen and oxygen atoms in total. The second-order valence-corrected chi connectivity index (χ2v) is 3.39. The van der Waals surface area contributed by atoms with Crippen molar-refractivity contribution in [2.75, 3.05) is 13.2 Å². The van der Waals surface area contributed by atoms with E-state index in [9.17, 15) is 9.59 Å². The molecule has 1 amide bonds. The summed E-state index contributed by atoms with van der Waals surface area (Å²) >= 11 is 0. The van der Waals surface area contributed by atoms with Crippen LogP contribution in [0.3, 0.4) is 0 Å². The van der Waals surface area contributed by atoms with Gasteiger partial charge in [-0.3, -0.25) is 4.79 Å². The summed E-state index contributed by atoms with van der Waals surface area (Å²) in [6, 6.07) is 3.44. The van der Waals surface area contributed by atoms with E-state index in [4.69, 9.17) is 4.74 Å². The number of aromatic amines is 1. The minimum Gasteiger partial charge on any atom is -0.461 e. The molecule has 0 spiro atoms. The van der Waals surface area contributed by atoms with Crippen LogP contribution in [-0.2, 0) is 9.53 Å². The number of amides is 1. The third-order valence-corrected chi connectivity index (χ3v) is 1.97. The molecule has 1 aromatic rings. The van der Waals surface area contributed by atoms with E-state index in [1.54, 1.807) is 31.2 Å². The quantitative estimate of drug-likeness (QED) is 0.758. The lowest BCUT2D eigenvalue weighted by Gasteiger charge is -1.97. The summed E-state index contributed by atoms with van der Waals surface area (Å²) < 4.78 is 4.85. The third kappa shape index (κ3) is 4.55. The van der Waals surface area contributed by atoms with Crippen LogP contribution in [0.2, 0.25) is 0 Å². The molecule has 2 N–H and O–H groups in total. The molecule has 0 saturated heterocycles. The molecule has 0 aliphatic rings. The summed E-state index contributed by atoms with van der Waals surface area (Å²) in [5, 5.41) is 2.63. The van der Waals surface area contributed by atoms with E-state index in [1.165, 1.54) is 6.92 Å². The highest BCUT2D eigenvalue weighted by Gasteiger charge is 2.07. The fraction of sp³-hybridized carbons (Fsp3) is 0.333. The summed E-state index contributed by atoms with van der Waals surface area (Å²) in [4.78, 5) is 24.9. The number of aromatic nitrogens is 1. The standard InChI is InChI=1S/C12H16N2O3/c1-3-17-12(16)11-7-6-10(14-11)5-4-8-13-9(2)15/h4-7,14H,3,8H2,1-2H3,(H,13,15). The number of hydrogen-bond acceptors (Lipinski definition) is 3. The minimum atomic E-state index is -0.367. The number of ether oxygens (including phenoxy) is 1. The first kappa shape index (κ1) is 13.0. The van der Waals surface area contributed by atoms with E-state index in [1.807, 2.05) is 0 Å². The van der Waals surface area contributed by atoms with Crippen LogP contribution in [0.4, 0.5) is 0 Å². The maximum atomic E-state index is 11.3. The lowest BCUT2D eigenvalue weighted by Crippen LogP contribution is -2.19. The second kappa shape index (κ2) is 6.52. The van der Waals surface area contributed by atoms with Gasteiger partial charge < -0.3 is 15.0 Å². The van der Waals surface area contributed by atoms with Gasteiger partial charge in [-0.25, -0.2) is 4.79 Å². The highest BCUT2D eigenvalue weighted by molar-refractivity contribution is 5.87. The van der Waals surface area contributed by atoms with E-state index in [0.29, 0.717) is 18.8 Å². The molecule has 0 aliphatic heterocycles. The average molecular weight is 236 g/mol. The smallest absolute Gasteiger partial charge is 0.354 e. The lowest BCUT2D eigenvalue weighted by atomic mass is 10.4. The van der Waals surface area contributed by atoms with Crippen LogP contribution in [0, 0.1) is 0 Å². The van der Waals surface area contributed by atoms with E-state index in [2.05, 4.69) is 10.3 Å². The second-order valence-electron chi connectivity index (χ2n) is 3.39. The van der Waals surface area contributed by atoms with Crippen molar-refractivity contribution in [1.29, 1.82) is 0 Å². The van der Waals surface area contributed by atoms with Crippen LogP contribution in [0.25, 0.3) is 6.08 Å². The Bertz CT molecular complexity index is 421. The molecule has 0 aromatic carbocycles. The Labute approximate surface area is 99.9 Å². The molecule has 5 heteroatoms. The van der Waals surface area contributed by atoms with Crippen LogP contribution >= 0.6 is 0 Å². The Morgan fingerprint density at radius 3 is 2.88 bits per heavy atom. The first-order valence-corrected chi connectivity index (χ1v) is 5.40. The van der Waals surface area contributed by atoms with Gasteiger partial charge in [0.05, 0.1) is 6.61 Å². The van der Waals surface area contributed by atoms with Crippen molar-refractivity contribution >= 4 is 18.0 Å². The number of nitrogens with one attached hydrogen (secondary N) is 2. The predicted molar refractivity (Wildman–Crippen MR) is 64.5 cm³/mol. The molecule has 0 unspecified atom stereocenters. The molecular formula is C12H16N2O3. The van der Waals surface area contributed by atoms with Crippen molar-refractivity contribution in [3.63, 3.8) is 0 Å². The molecule has 0 bridgehead atoms. The zero-order chi connectivity index (χ0) is 12.7. The van der Waals surface area contributed by atoms with Crippen LogP contribution in [0.1, 0.15) is 30.0 Å². The summed E-state index contributed by atoms with van der Waals surface area (Å²) in [6.07, 6.45) is 3.58. The van der Waals surface area contributed by atoms with Gasteiger partial charge in [-0.2, -0.15) is 0 Å². The van der Waals surface area contributed by atoms with E-state index < -0.39 is 0 Å². The summed E-state index contributed by atoms with van der Waals surface area (Å²) in [5.74, 6) is -0.442. The normalized spacial score (nSPS) is 10.5. The van der Waals surface area contributed by atoms with Crippen LogP contribution in [0.15, 0.2) is 18.2 Å². The molecule has 1 rings (SSSR count). The maximum Gasteiger partial charge on any atom is 0.354 e. The topological polar surface area (TPSA) is 71.2 Å². The first-order chi connectivity index (χ1) is 8.13. The van der Waals surface area contributed by atoms with Gasteiger partial charge in [-0.05, 0) is 25.1 Å². The fourth-order valence-electron chi connectivity index (χ4n) is 1.23. The van der Waals surface area contributed by atoms with Crippen molar-refractivity contribution in [3.8, 4) is 0 Å². The Kier molecular flexibility index (Phi) is 5.00. The molecule has 0 radical (unpaired) electrons. The lowest BCUT2D eigenvalue weighted by molar-refractivity contribution is -0.118. The third-order valence-electron chi connectivity index (χ3n) is 1.97. The van der Waals surface area contributed by atoms with Crippen molar-refractivity contribution in [2.45, 2.75) is 13.8 Å². The number of carbonyl (C=O) groups is 2. The fourth-order valence-corrected chi connectivity index (χ4v) is 1.23. The molecule has 0 atom stereocenters. The summed E-state index contributed by atoms with van der Waals surface area (Å²) in [5.41, 5.74) is 1.21. The van der Waals surface area contributed by atoms with Gasteiger partial charge in [0.25, 0.3) is 0 Å². The van der Waals surface area contributed by atoms with Crippen LogP contribution in [0.5, 0.6) is 0 Å². The van der Waals surface area contributed by atoms with E-state index in [0.717, 1.165) is 5.69 Å². The zero-order valence-electron chi connectivity index (χ0n) is 9.95. The monoisotopic (exact) mass is 236 g/mol. The maximum absolute atomic E-state index is 11.3. The van der Waals surface area contributed by atoms with E-state index in [-0.39, 0.29) is 11.9 Å². The van der Waals surface area contributed by atoms with Gasteiger partial charge in [-0.1, -0.05) is 6.08 Å². The van der Waals surface area contributed by atoms with Gasteiger partial charge in [0.1, 0.15) is 5.69 Å². The van der Waals surface area contributed by atoms with Gasteiger partial charge in [0.2, 0.25) is 5.91 Å². The van der Waals surface area contributed by atoms with Crippen molar-refractivity contribution in [2.24, 2.45) is 0 Å². The molecular weight excluding hydrogens is 220 g/mol. The molecule has 1 aromatic heterocycles. The van der Waals surface area contributed by atoms with Crippen LogP contribution < -0.4 is 5.32 Å². The molecule has 0 fully saturated rings. The van der Waals surface area contributed by atoms with Gasteiger partial charge in [0, 0.05) is 19.2 Å². The number of rotatable bonds is 5. The Hall–Kier alpha value is -2.04. The average Bonchev–Trinajstić information content (AvgIpc) is 2.73. The van der Waals surface area contributed by atoms with Gasteiger partial charge in [0.15, 0.2) is 0 Å². The van der Waals surface area contributed by atoms with Crippen molar-refractivity contribution in [1.82, 2.24) is 10.3 Å². The molecule has 92 valence electrons. The van der Waals surface area contributed by atoms with E-state index >= 15 is 0 Å².